The van der Waals surface area contributed by atoms with Gasteiger partial charge in [-0.05, 0) is 61.0 Å². The smallest absolute Gasteiger partial charge is 0.329 e. The largest absolute Gasteiger partial charge is 0.458 e. The van der Waals surface area contributed by atoms with Gasteiger partial charge in [0.05, 0.1) is 22.8 Å². The number of amides is 4. The topological polar surface area (TPSA) is 142 Å². The molecule has 13 heteroatoms. The number of halogens is 3. The van der Waals surface area contributed by atoms with E-state index in [1.165, 1.54) is 36.5 Å². The van der Waals surface area contributed by atoms with Gasteiger partial charge in [0.15, 0.2) is 0 Å². The Morgan fingerprint density at radius 1 is 0.861 bits per heavy atom. The van der Waals surface area contributed by atoms with Crippen LogP contribution in [0.2, 0.25) is 15.1 Å². The predicted octanol–water partition coefficient (Wildman–Crippen LogP) is 3.89. The summed E-state index contributed by atoms with van der Waals surface area (Å²) in [6.45, 7) is 1.65. The Morgan fingerprint density at radius 2 is 1.61 bits per heavy atom. The molecule has 3 aromatic rings. The minimum Gasteiger partial charge on any atom is -0.458 e. The molecule has 10 nitrogen and oxygen atoms in total. The van der Waals surface area contributed by atoms with Gasteiger partial charge in [-0.1, -0.05) is 34.8 Å². The first-order valence-electron chi connectivity index (χ1n) is 10.2. The summed E-state index contributed by atoms with van der Waals surface area (Å²) in [5.41, 5.74) is 3.51. The van der Waals surface area contributed by atoms with E-state index in [2.05, 4.69) is 26.5 Å². The average Bonchev–Trinajstić information content (AvgIpc) is 3.29. The Bertz CT molecular complexity index is 1360. The molecule has 0 fully saturated rings. The number of hydrogen-bond acceptors (Lipinski definition) is 6. The number of rotatable bonds is 6. The molecule has 0 atom stereocenters. The summed E-state index contributed by atoms with van der Waals surface area (Å²) in [4.78, 5) is 48.0. The number of carbonyl (C=O) groups is 4. The van der Waals surface area contributed by atoms with Crippen LogP contribution in [0.4, 0.5) is 11.4 Å². The fourth-order valence-corrected chi connectivity index (χ4v) is 3.24. The van der Waals surface area contributed by atoms with Gasteiger partial charge in [0.2, 0.25) is 0 Å². The number of carbonyl (C=O) groups excluding carboxylic acids is 4. The highest BCUT2D eigenvalue weighted by atomic mass is 35.5. The molecule has 4 amide bonds. The van der Waals surface area contributed by atoms with Crippen molar-refractivity contribution in [3.63, 3.8) is 0 Å². The number of hydrogen-bond donors (Lipinski definition) is 4. The van der Waals surface area contributed by atoms with Crippen molar-refractivity contribution in [2.75, 3.05) is 10.6 Å². The fourth-order valence-electron chi connectivity index (χ4n) is 2.72. The average molecular weight is 551 g/mol. The molecule has 1 heterocycles. The van der Waals surface area contributed by atoms with Crippen molar-refractivity contribution in [3.05, 3.63) is 80.7 Å². The van der Waals surface area contributed by atoms with E-state index < -0.39 is 23.6 Å². The number of aryl methyl sites for hydroxylation is 1. The van der Waals surface area contributed by atoms with Crippen LogP contribution in [0, 0.1) is 6.92 Å². The summed E-state index contributed by atoms with van der Waals surface area (Å²) < 4.78 is 5.43. The lowest BCUT2D eigenvalue weighted by Crippen LogP contribution is -2.34. The fraction of sp³-hybridized carbons (Fsp3) is 0.0870. The van der Waals surface area contributed by atoms with Crippen molar-refractivity contribution in [2.24, 2.45) is 5.10 Å². The standard InChI is InChI=1S/C23H18Cl3N5O5/c1-12-8-13(24)2-7-19(12)30-22(34)23(35)31-28-11-16-5-4-15(36-16)10-27-20(32)21(33)29-14-3-6-17(25)18(26)9-14/h2-9,11H,10H2,1H3,(H,27,32)(H,29,33)(H,30,34)(H,31,35)/b28-11+. The molecule has 0 unspecified atom stereocenters. The van der Waals surface area contributed by atoms with Crippen molar-refractivity contribution < 1.29 is 23.6 Å². The summed E-state index contributed by atoms with van der Waals surface area (Å²) in [6.07, 6.45) is 1.17. The molecule has 3 rings (SSSR count). The van der Waals surface area contributed by atoms with Crippen LogP contribution < -0.4 is 21.4 Å². The van der Waals surface area contributed by atoms with E-state index in [0.29, 0.717) is 32.7 Å². The molecule has 0 aliphatic rings. The van der Waals surface area contributed by atoms with E-state index in [-0.39, 0.29) is 17.3 Å². The van der Waals surface area contributed by atoms with Crippen molar-refractivity contribution in [2.45, 2.75) is 13.5 Å². The van der Waals surface area contributed by atoms with Gasteiger partial charge < -0.3 is 20.4 Å². The van der Waals surface area contributed by atoms with E-state index in [1.807, 2.05) is 0 Å². The Morgan fingerprint density at radius 3 is 2.33 bits per heavy atom. The van der Waals surface area contributed by atoms with Crippen molar-refractivity contribution in [1.29, 1.82) is 0 Å². The minimum absolute atomic E-state index is 0.0866. The molecular weight excluding hydrogens is 533 g/mol. The lowest BCUT2D eigenvalue weighted by molar-refractivity contribution is -0.136. The van der Waals surface area contributed by atoms with E-state index in [4.69, 9.17) is 39.2 Å². The second kappa shape index (κ2) is 12.2. The Kier molecular flexibility index (Phi) is 9.07. The number of nitrogens with zero attached hydrogens (tertiary/aromatic N) is 1. The first-order valence-corrected chi connectivity index (χ1v) is 11.3. The van der Waals surface area contributed by atoms with Crippen LogP contribution in [-0.4, -0.2) is 29.8 Å². The van der Waals surface area contributed by atoms with Gasteiger partial charge in [0, 0.05) is 16.4 Å². The third kappa shape index (κ3) is 7.57. The first kappa shape index (κ1) is 26.7. The maximum Gasteiger partial charge on any atom is 0.329 e. The molecule has 0 spiro atoms. The van der Waals surface area contributed by atoms with Crippen LogP contribution in [-0.2, 0) is 25.7 Å². The van der Waals surface area contributed by atoms with Crippen LogP contribution in [0.15, 0.2) is 58.0 Å². The lowest BCUT2D eigenvalue weighted by atomic mass is 10.2. The molecule has 0 bridgehead atoms. The minimum atomic E-state index is -0.993. The summed E-state index contributed by atoms with van der Waals surface area (Å²) in [5, 5.41) is 12.0. The monoisotopic (exact) mass is 549 g/mol. The molecule has 0 saturated carbocycles. The molecule has 4 N–H and O–H groups in total. The second-order valence-electron chi connectivity index (χ2n) is 7.18. The molecule has 0 aliphatic carbocycles. The summed E-state index contributed by atoms with van der Waals surface area (Å²) in [6, 6.07) is 12.3. The highest BCUT2D eigenvalue weighted by Gasteiger charge is 2.16. The van der Waals surface area contributed by atoms with E-state index >= 15 is 0 Å². The lowest BCUT2D eigenvalue weighted by Gasteiger charge is -2.07. The third-order valence-corrected chi connectivity index (χ3v) is 5.46. The molecule has 0 saturated heterocycles. The quantitative estimate of drug-likeness (QED) is 0.209. The number of hydrazone groups is 1. The van der Waals surface area contributed by atoms with Gasteiger partial charge in [-0.3, -0.25) is 19.2 Å². The molecule has 1 aromatic heterocycles. The predicted molar refractivity (Wildman–Crippen MR) is 136 cm³/mol. The van der Waals surface area contributed by atoms with Crippen LogP contribution in [0.25, 0.3) is 0 Å². The van der Waals surface area contributed by atoms with E-state index in [1.54, 1.807) is 25.1 Å². The zero-order valence-electron chi connectivity index (χ0n) is 18.5. The first-order chi connectivity index (χ1) is 17.1. The molecule has 36 heavy (non-hydrogen) atoms. The summed E-state index contributed by atoms with van der Waals surface area (Å²) in [5.74, 6) is -3.17. The molecule has 0 radical (unpaired) electrons. The number of benzene rings is 2. The van der Waals surface area contributed by atoms with Gasteiger partial charge in [0.1, 0.15) is 11.5 Å². The van der Waals surface area contributed by atoms with Crippen LogP contribution >= 0.6 is 34.8 Å². The molecule has 186 valence electrons. The van der Waals surface area contributed by atoms with Crippen molar-refractivity contribution in [1.82, 2.24) is 10.7 Å². The van der Waals surface area contributed by atoms with Gasteiger partial charge in [-0.2, -0.15) is 5.10 Å². The van der Waals surface area contributed by atoms with Gasteiger partial charge in [0.25, 0.3) is 0 Å². The maximum absolute atomic E-state index is 12.0. The van der Waals surface area contributed by atoms with Gasteiger partial charge in [-0.15, -0.1) is 0 Å². The molecule has 0 aliphatic heterocycles. The maximum atomic E-state index is 12.0. The van der Waals surface area contributed by atoms with Gasteiger partial charge >= 0.3 is 23.6 Å². The summed E-state index contributed by atoms with van der Waals surface area (Å²) in [7, 11) is 0. The van der Waals surface area contributed by atoms with Gasteiger partial charge in [-0.25, -0.2) is 5.43 Å². The van der Waals surface area contributed by atoms with E-state index in [0.717, 1.165) is 0 Å². The van der Waals surface area contributed by atoms with Crippen molar-refractivity contribution >= 4 is 76.0 Å². The van der Waals surface area contributed by atoms with Crippen LogP contribution in [0.3, 0.4) is 0 Å². The number of furan rings is 1. The zero-order valence-corrected chi connectivity index (χ0v) is 20.8. The van der Waals surface area contributed by atoms with Crippen LogP contribution in [0.5, 0.6) is 0 Å². The molecule has 2 aromatic carbocycles. The third-order valence-electron chi connectivity index (χ3n) is 4.49. The summed E-state index contributed by atoms with van der Waals surface area (Å²) >= 11 is 17.6. The molecular formula is C23H18Cl3N5O5. The van der Waals surface area contributed by atoms with Crippen LogP contribution in [0.1, 0.15) is 17.1 Å². The number of nitrogens with one attached hydrogen (secondary N) is 4. The van der Waals surface area contributed by atoms with E-state index in [9.17, 15) is 19.2 Å². The normalized spacial score (nSPS) is 10.7. The second-order valence-corrected chi connectivity index (χ2v) is 8.43. The highest BCUT2D eigenvalue weighted by molar-refractivity contribution is 6.43. The number of anilines is 2. The zero-order chi connectivity index (χ0) is 26.2. The Labute approximate surface area is 220 Å². The Balaban J connectivity index is 1.45. The SMILES string of the molecule is Cc1cc(Cl)ccc1NC(=O)C(=O)N/N=C/c1ccc(CNC(=O)C(=O)Nc2ccc(Cl)c(Cl)c2)o1. The van der Waals surface area contributed by atoms with Crippen molar-refractivity contribution in [3.8, 4) is 0 Å². The highest BCUT2D eigenvalue weighted by Crippen LogP contribution is 2.25. The Hall–Kier alpha value is -3.86.